The molecule has 2 rings (SSSR count). The molecule has 1 aliphatic rings. The van der Waals surface area contributed by atoms with Gasteiger partial charge in [-0.15, -0.1) is 0 Å². The van der Waals surface area contributed by atoms with Crippen molar-refractivity contribution < 1.29 is 22.7 Å². The van der Waals surface area contributed by atoms with Gasteiger partial charge in [0.1, 0.15) is 0 Å². The Hall–Kier alpha value is -2.10. The lowest BCUT2D eigenvalue weighted by atomic mass is 10.2. The van der Waals surface area contributed by atoms with E-state index in [1.165, 1.54) is 7.05 Å². The second-order valence-corrected chi connectivity index (χ2v) is 4.90. The van der Waals surface area contributed by atoms with E-state index in [-0.39, 0.29) is 25.1 Å². The first-order valence-corrected chi connectivity index (χ1v) is 6.44. The molecule has 1 atom stereocenters. The van der Waals surface area contributed by atoms with E-state index in [1.54, 1.807) is 0 Å². The van der Waals surface area contributed by atoms with E-state index in [0.717, 1.165) is 15.7 Å². The summed E-state index contributed by atoms with van der Waals surface area (Å²) in [6.45, 7) is -0.805. The van der Waals surface area contributed by atoms with Crippen LogP contribution in [0.15, 0.2) is 15.8 Å². The summed E-state index contributed by atoms with van der Waals surface area (Å²) >= 11 is 0. The first-order valence-electron chi connectivity index (χ1n) is 6.44. The van der Waals surface area contributed by atoms with Crippen LogP contribution in [0.25, 0.3) is 0 Å². The molecule has 0 radical (unpaired) electrons. The van der Waals surface area contributed by atoms with Gasteiger partial charge in [0.2, 0.25) is 5.91 Å². The molecule has 1 aliphatic heterocycles. The highest BCUT2D eigenvalue weighted by molar-refractivity contribution is 5.78. The van der Waals surface area contributed by atoms with Gasteiger partial charge >= 0.3 is 11.9 Å². The van der Waals surface area contributed by atoms with Crippen LogP contribution in [0.4, 0.5) is 13.2 Å². The minimum Gasteiger partial charge on any atom is -0.365 e. The van der Waals surface area contributed by atoms with Crippen LogP contribution in [-0.4, -0.2) is 52.3 Å². The Morgan fingerprint density at radius 1 is 1.45 bits per heavy atom. The minimum atomic E-state index is -4.55. The topological polar surface area (TPSA) is 84.4 Å². The van der Waals surface area contributed by atoms with Crippen LogP contribution in [0.1, 0.15) is 5.56 Å². The molecule has 1 saturated heterocycles. The van der Waals surface area contributed by atoms with Crippen molar-refractivity contribution in [3.8, 4) is 0 Å². The van der Waals surface area contributed by atoms with Crippen molar-refractivity contribution in [3.63, 3.8) is 0 Å². The molecule has 0 unspecified atom stereocenters. The molecule has 0 bridgehead atoms. The Bertz CT molecular complexity index is 679. The summed E-state index contributed by atoms with van der Waals surface area (Å²) in [6, 6.07) is 0. The van der Waals surface area contributed by atoms with Crippen LogP contribution in [0.3, 0.4) is 0 Å². The zero-order chi connectivity index (χ0) is 16.5. The number of hydrogen-bond donors (Lipinski definition) is 1. The summed E-state index contributed by atoms with van der Waals surface area (Å²) in [5.74, 6) is -0.623. The SMILES string of the molecule is Cn1c(=O)[nH]cc(CC(=O)N2CCO[C@H](C(F)(F)F)C2)c1=O. The first-order chi connectivity index (χ1) is 10.2. The molecule has 0 spiro atoms. The van der Waals surface area contributed by atoms with E-state index in [9.17, 15) is 27.6 Å². The molecule has 1 aromatic heterocycles. The fourth-order valence-corrected chi connectivity index (χ4v) is 2.09. The zero-order valence-corrected chi connectivity index (χ0v) is 11.6. The Kier molecular flexibility index (Phi) is 4.40. The molecule has 122 valence electrons. The highest BCUT2D eigenvalue weighted by atomic mass is 19.4. The van der Waals surface area contributed by atoms with Crippen molar-refractivity contribution in [3.05, 3.63) is 32.6 Å². The third-order valence-corrected chi connectivity index (χ3v) is 3.38. The number of carbonyl (C=O) groups is 1. The highest BCUT2D eigenvalue weighted by Gasteiger charge is 2.44. The molecule has 22 heavy (non-hydrogen) atoms. The van der Waals surface area contributed by atoms with E-state index < -0.39 is 36.0 Å². The van der Waals surface area contributed by atoms with Crippen molar-refractivity contribution >= 4 is 5.91 Å². The fraction of sp³-hybridized carbons (Fsp3) is 0.583. The van der Waals surface area contributed by atoms with Gasteiger partial charge in [-0.3, -0.25) is 14.2 Å². The van der Waals surface area contributed by atoms with Crippen LogP contribution >= 0.6 is 0 Å². The van der Waals surface area contributed by atoms with Gasteiger partial charge in [0.05, 0.1) is 19.6 Å². The monoisotopic (exact) mass is 321 g/mol. The maximum absolute atomic E-state index is 12.6. The van der Waals surface area contributed by atoms with Crippen LogP contribution in [-0.2, 0) is 23.0 Å². The quantitative estimate of drug-likeness (QED) is 0.789. The molecule has 0 aromatic carbocycles. The predicted octanol–water partition coefficient (Wildman–Crippen LogP) is -0.594. The van der Waals surface area contributed by atoms with Gasteiger partial charge in [0.25, 0.3) is 5.56 Å². The molecular formula is C12H14F3N3O4. The Morgan fingerprint density at radius 3 is 2.77 bits per heavy atom. The van der Waals surface area contributed by atoms with Gasteiger partial charge < -0.3 is 14.6 Å². The summed E-state index contributed by atoms with van der Waals surface area (Å²) in [5.41, 5.74) is -1.27. The number of ether oxygens (including phenoxy) is 1. The third-order valence-electron chi connectivity index (χ3n) is 3.38. The van der Waals surface area contributed by atoms with Crippen molar-refractivity contribution in [1.82, 2.24) is 14.5 Å². The summed E-state index contributed by atoms with van der Waals surface area (Å²) < 4.78 is 43.2. The number of alkyl halides is 3. The maximum atomic E-state index is 12.6. The summed E-state index contributed by atoms with van der Waals surface area (Å²) in [6.07, 6.45) is -5.85. The van der Waals surface area contributed by atoms with Gasteiger partial charge in [-0.05, 0) is 0 Å². The van der Waals surface area contributed by atoms with Crippen molar-refractivity contribution in [2.45, 2.75) is 18.7 Å². The molecular weight excluding hydrogens is 307 g/mol. The molecule has 7 nitrogen and oxygen atoms in total. The number of nitrogens with zero attached hydrogens (tertiary/aromatic N) is 2. The van der Waals surface area contributed by atoms with Crippen LogP contribution in [0.5, 0.6) is 0 Å². The molecule has 0 aliphatic carbocycles. The number of amides is 1. The number of hydrogen-bond acceptors (Lipinski definition) is 4. The van der Waals surface area contributed by atoms with Gasteiger partial charge in [-0.2, -0.15) is 13.2 Å². The Balaban J connectivity index is 2.11. The van der Waals surface area contributed by atoms with Gasteiger partial charge in [0.15, 0.2) is 6.10 Å². The molecule has 1 N–H and O–H groups in total. The maximum Gasteiger partial charge on any atom is 0.416 e. The minimum absolute atomic E-state index is 0.0159. The zero-order valence-electron chi connectivity index (χ0n) is 11.6. The standard InChI is InChI=1S/C12H14F3N3O4/c1-17-10(20)7(5-16-11(17)21)4-9(19)18-2-3-22-8(6-18)12(13,14)15/h5,8H,2-4,6H2,1H3,(H,16,21)/t8-/m0/s1. The lowest BCUT2D eigenvalue weighted by Gasteiger charge is -2.33. The predicted molar refractivity (Wildman–Crippen MR) is 68.4 cm³/mol. The molecule has 1 amide bonds. The number of rotatable bonds is 2. The number of nitrogens with one attached hydrogen (secondary N) is 1. The molecule has 0 saturated carbocycles. The van der Waals surface area contributed by atoms with Gasteiger partial charge in [-0.25, -0.2) is 4.79 Å². The van der Waals surface area contributed by atoms with Crippen molar-refractivity contribution in [2.24, 2.45) is 7.05 Å². The molecule has 1 fully saturated rings. The Labute approximate surface area is 122 Å². The molecule has 1 aromatic rings. The largest absolute Gasteiger partial charge is 0.416 e. The normalized spacial score (nSPS) is 19.3. The van der Waals surface area contributed by atoms with Crippen LogP contribution < -0.4 is 11.2 Å². The number of halogens is 3. The third kappa shape index (κ3) is 3.38. The highest BCUT2D eigenvalue weighted by Crippen LogP contribution is 2.25. The van der Waals surface area contributed by atoms with E-state index in [1.807, 2.05) is 0 Å². The van der Waals surface area contributed by atoms with E-state index in [4.69, 9.17) is 0 Å². The van der Waals surface area contributed by atoms with E-state index in [0.29, 0.717) is 0 Å². The average Bonchev–Trinajstić information content (AvgIpc) is 2.47. The average molecular weight is 321 g/mol. The summed E-state index contributed by atoms with van der Waals surface area (Å²) in [4.78, 5) is 38.3. The van der Waals surface area contributed by atoms with Crippen LogP contribution in [0.2, 0.25) is 0 Å². The van der Waals surface area contributed by atoms with E-state index in [2.05, 4.69) is 9.72 Å². The van der Waals surface area contributed by atoms with E-state index >= 15 is 0 Å². The number of aromatic nitrogens is 2. The number of aromatic amines is 1. The lowest BCUT2D eigenvalue weighted by molar-refractivity contribution is -0.236. The van der Waals surface area contributed by atoms with Crippen molar-refractivity contribution in [1.29, 1.82) is 0 Å². The lowest BCUT2D eigenvalue weighted by Crippen LogP contribution is -2.51. The molecule has 10 heteroatoms. The fourth-order valence-electron chi connectivity index (χ4n) is 2.09. The summed E-state index contributed by atoms with van der Waals surface area (Å²) in [7, 11) is 1.24. The van der Waals surface area contributed by atoms with Crippen molar-refractivity contribution in [2.75, 3.05) is 19.7 Å². The van der Waals surface area contributed by atoms with Crippen LogP contribution in [0, 0.1) is 0 Å². The molecule has 2 heterocycles. The van der Waals surface area contributed by atoms with Gasteiger partial charge in [0, 0.05) is 25.4 Å². The number of carbonyl (C=O) groups excluding carboxylic acids is 1. The number of H-pyrrole nitrogens is 1. The first kappa shape index (κ1) is 16.3. The second-order valence-electron chi connectivity index (χ2n) is 4.90. The smallest absolute Gasteiger partial charge is 0.365 e. The Morgan fingerprint density at radius 2 is 2.14 bits per heavy atom. The van der Waals surface area contributed by atoms with Gasteiger partial charge in [-0.1, -0.05) is 0 Å². The second kappa shape index (κ2) is 5.95. The summed E-state index contributed by atoms with van der Waals surface area (Å²) in [5, 5.41) is 0. The number of morpholine rings is 1.